The Hall–Kier alpha value is -2.04. The fraction of sp³-hybridized carbons (Fsp3) is 0.556. The summed E-state index contributed by atoms with van der Waals surface area (Å²) in [5.41, 5.74) is 2.04. The number of nitrogens with one attached hydrogen (secondary N) is 1. The van der Waals surface area contributed by atoms with Crippen molar-refractivity contribution in [2.24, 2.45) is 5.84 Å². The Morgan fingerprint density at radius 2 is 2.53 bits per heavy atom. The molecule has 4 N–H and O–H groups in total. The van der Waals surface area contributed by atoms with E-state index in [9.17, 15) is 10.1 Å². The Morgan fingerprint density at radius 3 is 3.16 bits per heavy atom. The predicted molar refractivity (Wildman–Crippen MR) is 65.5 cm³/mol. The maximum absolute atomic E-state index is 11.0. The van der Waals surface area contributed by atoms with Crippen LogP contribution >= 0.6 is 0 Å². The van der Waals surface area contributed by atoms with Crippen molar-refractivity contribution in [2.75, 3.05) is 36.6 Å². The lowest BCUT2D eigenvalue weighted by Crippen LogP contribution is -2.44. The van der Waals surface area contributed by atoms with Crippen LogP contribution in [0.2, 0.25) is 0 Å². The molecule has 1 aliphatic heterocycles. The summed E-state index contributed by atoms with van der Waals surface area (Å²) in [7, 11) is 0. The highest BCUT2D eigenvalue weighted by Crippen LogP contribution is 2.27. The number of nitrogens with zero attached hydrogens (tertiary/aromatic N) is 4. The Bertz CT molecular complexity index is 470. The van der Waals surface area contributed by atoms with Gasteiger partial charge < -0.3 is 14.7 Å². The number of aliphatic hydroxyl groups excluding tert-OH is 1. The van der Waals surface area contributed by atoms with Crippen LogP contribution in [0.5, 0.6) is 0 Å². The van der Waals surface area contributed by atoms with Crippen molar-refractivity contribution < 1.29 is 14.8 Å². The van der Waals surface area contributed by atoms with Crippen LogP contribution in [0.15, 0.2) is 6.20 Å². The van der Waals surface area contributed by atoms with Crippen molar-refractivity contribution in [3.63, 3.8) is 0 Å². The molecule has 1 aromatic heterocycles. The largest absolute Gasteiger partial charge is 0.394 e. The van der Waals surface area contributed by atoms with Gasteiger partial charge in [0, 0.05) is 13.1 Å². The fourth-order valence-corrected chi connectivity index (χ4v) is 1.82. The zero-order valence-electron chi connectivity index (χ0n) is 10.0. The fourth-order valence-electron chi connectivity index (χ4n) is 1.82. The third-order valence-electron chi connectivity index (χ3n) is 2.72. The van der Waals surface area contributed by atoms with Gasteiger partial charge >= 0.3 is 5.69 Å². The second kappa shape index (κ2) is 5.73. The summed E-state index contributed by atoms with van der Waals surface area (Å²) in [4.78, 5) is 19.8. The molecule has 0 saturated carbocycles. The van der Waals surface area contributed by atoms with E-state index in [-0.39, 0.29) is 24.1 Å². The third-order valence-corrected chi connectivity index (χ3v) is 2.72. The highest BCUT2D eigenvalue weighted by Gasteiger charge is 2.27. The second-order valence-corrected chi connectivity index (χ2v) is 3.93. The summed E-state index contributed by atoms with van der Waals surface area (Å²) in [6.07, 6.45) is 0.707. The maximum atomic E-state index is 11.0. The Balaban J connectivity index is 2.32. The number of hydrogen-bond donors (Lipinski definition) is 3. The zero-order valence-corrected chi connectivity index (χ0v) is 10.0. The van der Waals surface area contributed by atoms with E-state index >= 15 is 0 Å². The topological polar surface area (TPSA) is 140 Å². The van der Waals surface area contributed by atoms with Crippen molar-refractivity contribution in [3.8, 4) is 0 Å². The second-order valence-electron chi connectivity index (χ2n) is 3.93. The monoisotopic (exact) mass is 270 g/mol. The molecule has 1 aliphatic rings. The number of aromatic nitrogens is 2. The van der Waals surface area contributed by atoms with Crippen molar-refractivity contribution in [1.29, 1.82) is 0 Å². The Kier molecular flexibility index (Phi) is 4.04. The van der Waals surface area contributed by atoms with Crippen LogP contribution < -0.4 is 16.2 Å². The number of rotatable bonds is 4. The van der Waals surface area contributed by atoms with Crippen LogP contribution in [0.3, 0.4) is 0 Å². The predicted octanol–water partition coefficient (Wildman–Crippen LogP) is -1.13. The average molecular weight is 270 g/mol. The van der Waals surface area contributed by atoms with E-state index in [4.69, 9.17) is 15.7 Å². The number of anilines is 2. The lowest BCUT2D eigenvalue weighted by molar-refractivity contribution is -0.384. The van der Waals surface area contributed by atoms with Crippen molar-refractivity contribution in [2.45, 2.75) is 6.10 Å². The molecule has 0 aromatic carbocycles. The van der Waals surface area contributed by atoms with E-state index in [1.54, 1.807) is 4.90 Å². The molecule has 0 amide bonds. The molecule has 1 fully saturated rings. The molecule has 2 heterocycles. The standard InChI is InChI=1S/C9H14N6O4/c10-13-9-11-3-7(15(17)18)8(12-9)14-1-2-19-6(4-14)5-16/h3,6,16H,1-2,4-5,10H2,(H,11,12,13). The first kappa shape index (κ1) is 13.4. The third kappa shape index (κ3) is 2.86. The molecule has 0 spiro atoms. The summed E-state index contributed by atoms with van der Waals surface area (Å²) < 4.78 is 5.29. The van der Waals surface area contributed by atoms with Crippen molar-refractivity contribution in [3.05, 3.63) is 16.3 Å². The summed E-state index contributed by atoms with van der Waals surface area (Å²) in [6, 6.07) is 0. The molecule has 0 aliphatic carbocycles. The number of nitro groups is 1. The van der Waals surface area contributed by atoms with E-state index in [2.05, 4.69) is 15.4 Å². The molecule has 1 atom stereocenters. The van der Waals surface area contributed by atoms with Crippen molar-refractivity contribution >= 4 is 17.5 Å². The molecule has 1 saturated heterocycles. The minimum absolute atomic E-state index is 0.0904. The summed E-state index contributed by atoms with van der Waals surface area (Å²) in [5.74, 6) is 5.45. The van der Waals surface area contributed by atoms with Gasteiger partial charge in [-0.05, 0) is 0 Å². The summed E-state index contributed by atoms with van der Waals surface area (Å²) in [5, 5.41) is 20.1. The first-order valence-electron chi connectivity index (χ1n) is 5.61. The van der Waals surface area contributed by atoms with E-state index in [1.807, 2.05) is 0 Å². The number of hydrogen-bond acceptors (Lipinski definition) is 9. The van der Waals surface area contributed by atoms with Gasteiger partial charge in [0.1, 0.15) is 6.20 Å². The maximum Gasteiger partial charge on any atom is 0.329 e. The van der Waals surface area contributed by atoms with Crippen LogP contribution in [0, 0.1) is 10.1 Å². The minimum atomic E-state index is -0.557. The molecule has 19 heavy (non-hydrogen) atoms. The number of morpholine rings is 1. The van der Waals surface area contributed by atoms with E-state index in [0.29, 0.717) is 19.7 Å². The molecule has 10 heteroatoms. The number of nitrogen functional groups attached to an aromatic ring is 1. The smallest absolute Gasteiger partial charge is 0.329 e. The van der Waals surface area contributed by atoms with E-state index < -0.39 is 11.0 Å². The van der Waals surface area contributed by atoms with E-state index in [1.165, 1.54) is 0 Å². The van der Waals surface area contributed by atoms with Gasteiger partial charge in [-0.2, -0.15) is 4.98 Å². The number of hydrazine groups is 1. The molecule has 104 valence electrons. The number of nitrogens with two attached hydrogens (primary N) is 1. The SMILES string of the molecule is NNc1ncc([N+](=O)[O-])c(N2CCOC(CO)C2)n1. The first-order valence-corrected chi connectivity index (χ1v) is 5.61. The van der Waals surface area contributed by atoms with Gasteiger partial charge in [-0.15, -0.1) is 0 Å². The molecule has 0 bridgehead atoms. The molecule has 10 nitrogen and oxygen atoms in total. The van der Waals surface area contributed by atoms with Gasteiger partial charge in [-0.1, -0.05) is 0 Å². The molecule has 1 unspecified atom stereocenters. The van der Waals surface area contributed by atoms with Crippen molar-refractivity contribution in [1.82, 2.24) is 9.97 Å². The Morgan fingerprint density at radius 1 is 1.74 bits per heavy atom. The van der Waals surface area contributed by atoms with Crippen LogP contribution in [-0.4, -0.2) is 52.4 Å². The molecule has 0 radical (unpaired) electrons. The summed E-state index contributed by atoms with van der Waals surface area (Å²) >= 11 is 0. The van der Waals surface area contributed by atoms with Gasteiger partial charge in [0.2, 0.25) is 11.8 Å². The summed E-state index contributed by atoms with van der Waals surface area (Å²) in [6.45, 7) is 0.964. The minimum Gasteiger partial charge on any atom is -0.394 e. The number of aliphatic hydroxyl groups is 1. The van der Waals surface area contributed by atoms with Crippen LogP contribution in [0.1, 0.15) is 0 Å². The van der Waals surface area contributed by atoms with Gasteiger partial charge in [-0.25, -0.2) is 10.8 Å². The molecule has 2 rings (SSSR count). The lowest BCUT2D eigenvalue weighted by atomic mass is 10.2. The van der Waals surface area contributed by atoms with Gasteiger partial charge in [0.15, 0.2) is 0 Å². The number of ether oxygens (including phenoxy) is 1. The molecule has 1 aromatic rings. The van der Waals surface area contributed by atoms with E-state index in [0.717, 1.165) is 6.20 Å². The normalized spacial score (nSPS) is 19.3. The average Bonchev–Trinajstić information content (AvgIpc) is 2.46. The highest BCUT2D eigenvalue weighted by atomic mass is 16.6. The first-order chi connectivity index (χ1) is 9.15. The zero-order chi connectivity index (χ0) is 13.8. The van der Waals surface area contributed by atoms with Gasteiger partial charge in [-0.3, -0.25) is 15.5 Å². The van der Waals surface area contributed by atoms with Crippen LogP contribution in [0.25, 0.3) is 0 Å². The van der Waals surface area contributed by atoms with Gasteiger partial charge in [0.05, 0.1) is 24.2 Å². The molecular weight excluding hydrogens is 256 g/mol. The van der Waals surface area contributed by atoms with Crippen LogP contribution in [0.4, 0.5) is 17.5 Å². The molecular formula is C9H14N6O4. The quantitative estimate of drug-likeness (QED) is 0.352. The lowest BCUT2D eigenvalue weighted by Gasteiger charge is -2.32. The van der Waals surface area contributed by atoms with Crippen LogP contribution in [-0.2, 0) is 4.74 Å². The highest BCUT2D eigenvalue weighted by molar-refractivity contribution is 5.59. The Labute approximate surface area is 108 Å². The van der Waals surface area contributed by atoms with Gasteiger partial charge in [0.25, 0.3) is 0 Å².